The summed E-state index contributed by atoms with van der Waals surface area (Å²) in [7, 11) is 0. The molecule has 1 nitrogen and oxygen atoms in total. The summed E-state index contributed by atoms with van der Waals surface area (Å²) in [5, 5.41) is 11.9. The van der Waals surface area contributed by atoms with Crippen molar-refractivity contribution in [3.8, 4) is 0 Å². The number of fused-ring (bicyclic) bond motifs is 1. The second-order valence-corrected chi connectivity index (χ2v) is 4.34. The van der Waals surface area contributed by atoms with Crippen LogP contribution in [0.4, 0.5) is 0 Å². The second-order valence-electron chi connectivity index (χ2n) is 3.93. The van der Waals surface area contributed by atoms with Crippen LogP contribution in [0.3, 0.4) is 0 Å². The molecule has 84 valence electrons. The summed E-state index contributed by atoms with van der Waals surface area (Å²) >= 11 is 6.15. The zero-order valence-corrected chi connectivity index (χ0v) is 9.87. The Hall–Kier alpha value is -1.05. The van der Waals surface area contributed by atoms with Crippen molar-refractivity contribution in [3.05, 3.63) is 47.0 Å². The van der Waals surface area contributed by atoms with Crippen LogP contribution in [0, 0.1) is 0 Å². The van der Waals surface area contributed by atoms with E-state index in [0.717, 1.165) is 29.7 Å². The van der Waals surface area contributed by atoms with E-state index in [-0.39, 0.29) is 6.61 Å². The lowest BCUT2D eigenvalue weighted by Crippen LogP contribution is -1.90. The molecule has 2 heteroatoms. The number of rotatable bonds is 4. The first kappa shape index (κ1) is 11.4. The number of halogens is 1. The fourth-order valence-corrected chi connectivity index (χ4v) is 2.22. The molecule has 0 bridgehead atoms. The van der Waals surface area contributed by atoms with E-state index in [9.17, 15) is 0 Å². The molecule has 0 fully saturated rings. The van der Waals surface area contributed by atoms with E-state index < -0.39 is 0 Å². The first-order valence-corrected chi connectivity index (χ1v) is 5.97. The van der Waals surface area contributed by atoms with Gasteiger partial charge in [-0.1, -0.05) is 41.9 Å². The van der Waals surface area contributed by atoms with Crippen molar-refractivity contribution in [2.24, 2.45) is 0 Å². The average Bonchev–Trinajstić information content (AvgIpc) is 2.31. The smallest absolute Gasteiger partial charge is 0.0484 e. The molecule has 0 radical (unpaired) electrons. The minimum atomic E-state index is 0.269. The Kier molecular flexibility index (Phi) is 3.81. The van der Waals surface area contributed by atoms with Gasteiger partial charge in [0.1, 0.15) is 0 Å². The third-order valence-electron chi connectivity index (χ3n) is 2.81. The van der Waals surface area contributed by atoms with Gasteiger partial charge in [0.25, 0.3) is 0 Å². The fraction of sp³-hybridized carbons (Fsp3) is 0.286. The predicted molar refractivity (Wildman–Crippen MR) is 69.0 cm³/mol. The van der Waals surface area contributed by atoms with Crippen molar-refractivity contribution < 1.29 is 5.11 Å². The summed E-state index contributed by atoms with van der Waals surface area (Å²) in [4.78, 5) is 0. The summed E-state index contributed by atoms with van der Waals surface area (Å²) in [6.07, 6.45) is 2.87. The molecular formula is C14H15ClO. The highest BCUT2D eigenvalue weighted by Gasteiger charge is 2.02. The maximum atomic E-state index is 8.78. The molecule has 0 aliphatic carbocycles. The highest BCUT2D eigenvalue weighted by molar-refractivity contribution is 6.35. The van der Waals surface area contributed by atoms with Crippen molar-refractivity contribution in [1.82, 2.24) is 0 Å². The van der Waals surface area contributed by atoms with Gasteiger partial charge in [-0.15, -0.1) is 0 Å². The summed E-state index contributed by atoms with van der Waals surface area (Å²) in [6, 6.07) is 12.2. The van der Waals surface area contributed by atoms with Gasteiger partial charge in [-0.05, 0) is 36.3 Å². The Labute approximate surface area is 101 Å². The van der Waals surface area contributed by atoms with Gasteiger partial charge in [0.2, 0.25) is 0 Å². The average molecular weight is 235 g/mol. The van der Waals surface area contributed by atoms with E-state index in [1.807, 2.05) is 24.3 Å². The lowest BCUT2D eigenvalue weighted by Gasteiger charge is -2.07. The highest BCUT2D eigenvalue weighted by atomic mass is 35.5. The number of aliphatic hydroxyl groups excluding tert-OH is 1. The summed E-state index contributed by atoms with van der Waals surface area (Å²) in [5.74, 6) is 0. The third kappa shape index (κ3) is 2.37. The van der Waals surface area contributed by atoms with Gasteiger partial charge in [-0.3, -0.25) is 0 Å². The lowest BCUT2D eigenvalue weighted by molar-refractivity contribution is 0.284. The van der Waals surface area contributed by atoms with E-state index >= 15 is 0 Å². The number of unbranched alkanes of at least 4 members (excludes halogenated alkanes) is 1. The van der Waals surface area contributed by atoms with Crippen molar-refractivity contribution in [2.75, 3.05) is 6.61 Å². The second kappa shape index (κ2) is 5.33. The van der Waals surface area contributed by atoms with Gasteiger partial charge >= 0.3 is 0 Å². The molecule has 0 saturated heterocycles. The van der Waals surface area contributed by atoms with Crippen LogP contribution in [0.2, 0.25) is 5.02 Å². The standard InChI is InChI=1S/C14H15ClO/c15-14-9-4-7-12-11(5-1-2-10-16)6-3-8-13(12)14/h3-4,6-9,16H,1-2,5,10H2. The maximum Gasteiger partial charge on any atom is 0.0484 e. The van der Waals surface area contributed by atoms with Gasteiger partial charge in [0.05, 0.1) is 0 Å². The van der Waals surface area contributed by atoms with Crippen molar-refractivity contribution in [1.29, 1.82) is 0 Å². The van der Waals surface area contributed by atoms with Gasteiger partial charge < -0.3 is 5.11 Å². The van der Waals surface area contributed by atoms with Crippen molar-refractivity contribution in [2.45, 2.75) is 19.3 Å². The Morgan fingerprint density at radius 1 is 0.938 bits per heavy atom. The normalized spacial score (nSPS) is 10.9. The van der Waals surface area contributed by atoms with Crippen LogP contribution in [0.15, 0.2) is 36.4 Å². The summed E-state index contributed by atoms with van der Waals surface area (Å²) in [6.45, 7) is 0.269. The van der Waals surface area contributed by atoms with Crippen LogP contribution >= 0.6 is 11.6 Å². The molecule has 0 amide bonds. The number of aliphatic hydroxyl groups is 1. The molecule has 0 atom stereocenters. The van der Waals surface area contributed by atoms with Crippen LogP contribution in [0.1, 0.15) is 18.4 Å². The Bertz CT molecular complexity index is 479. The number of hydrogen-bond donors (Lipinski definition) is 1. The van der Waals surface area contributed by atoms with Gasteiger partial charge in [0.15, 0.2) is 0 Å². The van der Waals surface area contributed by atoms with Crippen LogP contribution < -0.4 is 0 Å². The molecule has 0 aliphatic rings. The zero-order valence-electron chi connectivity index (χ0n) is 9.12. The van der Waals surface area contributed by atoms with E-state index in [1.165, 1.54) is 10.9 Å². The van der Waals surface area contributed by atoms with Crippen LogP contribution in [0.5, 0.6) is 0 Å². The van der Waals surface area contributed by atoms with Crippen LogP contribution in [-0.4, -0.2) is 11.7 Å². The van der Waals surface area contributed by atoms with E-state index in [0.29, 0.717) is 0 Å². The Balaban J connectivity index is 2.34. The van der Waals surface area contributed by atoms with Crippen LogP contribution in [-0.2, 0) is 6.42 Å². The molecule has 2 aromatic carbocycles. The van der Waals surface area contributed by atoms with Crippen LogP contribution in [0.25, 0.3) is 10.8 Å². The van der Waals surface area contributed by atoms with E-state index in [2.05, 4.69) is 12.1 Å². The molecular weight excluding hydrogens is 220 g/mol. The quantitative estimate of drug-likeness (QED) is 0.798. The number of hydrogen-bond acceptors (Lipinski definition) is 1. The fourth-order valence-electron chi connectivity index (χ4n) is 1.98. The van der Waals surface area contributed by atoms with Gasteiger partial charge in [-0.25, -0.2) is 0 Å². The minimum absolute atomic E-state index is 0.269. The minimum Gasteiger partial charge on any atom is -0.396 e. The predicted octanol–water partition coefficient (Wildman–Crippen LogP) is 3.81. The lowest BCUT2D eigenvalue weighted by atomic mass is 10.0. The van der Waals surface area contributed by atoms with Crippen molar-refractivity contribution >= 4 is 22.4 Å². The molecule has 0 unspecified atom stereocenters. The van der Waals surface area contributed by atoms with E-state index in [4.69, 9.17) is 16.7 Å². The maximum absolute atomic E-state index is 8.78. The Morgan fingerprint density at radius 3 is 2.50 bits per heavy atom. The molecule has 0 saturated carbocycles. The third-order valence-corrected chi connectivity index (χ3v) is 3.14. The number of aryl methyl sites for hydroxylation is 1. The van der Waals surface area contributed by atoms with E-state index in [1.54, 1.807) is 0 Å². The number of benzene rings is 2. The molecule has 2 aromatic rings. The molecule has 1 N–H and O–H groups in total. The summed E-state index contributed by atoms with van der Waals surface area (Å²) in [5.41, 5.74) is 1.31. The van der Waals surface area contributed by atoms with Crippen molar-refractivity contribution in [3.63, 3.8) is 0 Å². The molecule has 0 aromatic heterocycles. The topological polar surface area (TPSA) is 20.2 Å². The Morgan fingerprint density at radius 2 is 1.69 bits per heavy atom. The first-order valence-electron chi connectivity index (χ1n) is 5.60. The first-order chi connectivity index (χ1) is 7.83. The van der Waals surface area contributed by atoms with Gasteiger partial charge in [-0.2, -0.15) is 0 Å². The highest BCUT2D eigenvalue weighted by Crippen LogP contribution is 2.26. The molecule has 0 aliphatic heterocycles. The zero-order chi connectivity index (χ0) is 11.4. The molecule has 0 heterocycles. The monoisotopic (exact) mass is 234 g/mol. The van der Waals surface area contributed by atoms with Gasteiger partial charge in [0, 0.05) is 17.0 Å². The SMILES string of the molecule is OCCCCc1cccc2c(Cl)cccc12. The molecule has 2 rings (SSSR count). The molecule has 0 spiro atoms. The molecule has 16 heavy (non-hydrogen) atoms. The summed E-state index contributed by atoms with van der Waals surface area (Å²) < 4.78 is 0. The largest absolute Gasteiger partial charge is 0.396 e.